The molecule has 0 radical (unpaired) electrons. The lowest BCUT2D eigenvalue weighted by Crippen LogP contribution is -2.27. The van der Waals surface area contributed by atoms with E-state index in [2.05, 4.69) is 16.0 Å². The van der Waals surface area contributed by atoms with Crippen LogP contribution in [0, 0.1) is 5.82 Å². The van der Waals surface area contributed by atoms with E-state index < -0.39 is 11.7 Å². The number of benzene rings is 3. The summed E-state index contributed by atoms with van der Waals surface area (Å²) in [6.45, 7) is 0.545. The van der Waals surface area contributed by atoms with Gasteiger partial charge >= 0.3 is 0 Å². The standard InChI is InChI=1S/C21H17ClFN3OS/c22-15-5-3-4-14(12-15)13-24-21(28)26-17-10-8-16(9-11-17)25-20(27)18-6-1-2-7-19(18)23/h1-12H,13H2,(H,25,27)(H2,24,26,28). The van der Waals surface area contributed by atoms with E-state index in [1.807, 2.05) is 24.3 Å². The first-order valence-electron chi connectivity index (χ1n) is 8.46. The Balaban J connectivity index is 1.53. The lowest BCUT2D eigenvalue weighted by Gasteiger charge is -2.12. The smallest absolute Gasteiger partial charge is 0.258 e. The summed E-state index contributed by atoms with van der Waals surface area (Å²) >= 11 is 11.2. The van der Waals surface area contributed by atoms with Crippen molar-refractivity contribution in [2.24, 2.45) is 0 Å². The van der Waals surface area contributed by atoms with Gasteiger partial charge in [0, 0.05) is 22.9 Å². The molecule has 0 atom stereocenters. The van der Waals surface area contributed by atoms with E-state index in [1.165, 1.54) is 18.2 Å². The van der Waals surface area contributed by atoms with Gasteiger partial charge in [0.25, 0.3) is 5.91 Å². The number of carbonyl (C=O) groups excluding carboxylic acids is 1. The van der Waals surface area contributed by atoms with Crippen molar-refractivity contribution in [3.63, 3.8) is 0 Å². The molecule has 0 aliphatic heterocycles. The number of rotatable bonds is 5. The summed E-state index contributed by atoms with van der Waals surface area (Å²) < 4.78 is 13.7. The molecule has 0 heterocycles. The van der Waals surface area contributed by atoms with Crippen molar-refractivity contribution >= 4 is 46.2 Å². The zero-order valence-electron chi connectivity index (χ0n) is 14.7. The van der Waals surface area contributed by atoms with E-state index >= 15 is 0 Å². The van der Waals surface area contributed by atoms with Crippen LogP contribution >= 0.6 is 23.8 Å². The first-order chi connectivity index (χ1) is 13.5. The molecule has 3 aromatic carbocycles. The van der Waals surface area contributed by atoms with Crippen LogP contribution in [0.25, 0.3) is 0 Å². The van der Waals surface area contributed by atoms with Gasteiger partial charge in [-0.3, -0.25) is 4.79 Å². The Bertz CT molecular complexity index is 995. The maximum atomic E-state index is 13.7. The van der Waals surface area contributed by atoms with Crippen LogP contribution in [0.3, 0.4) is 0 Å². The molecule has 0 saturated carbocycles. The second-order valence-corrected chi connectivity index (χ2v) is 6.79. The molecule has 7 heteroatoms. The Kier molecular flexibility index (Phi) is 6.57. The van der Waals surface area contributed by atoms with Crippen LogP contribution in [-0.4, -0.2) is 11.0 Å². The van der Waals surface area contributed by atoms with Gasteiger partial charge in [-0.1, -0.05) is 35.9 Å². The van der Waals surface area contributed by atoms with Gasteiger partial charge in [-0.2, -0.15) is 0 Å². The van der Waals surface area contributed by atoms with Gasteiger partial charge in [-0.25, -0.2) is 4.39 Å². The molecule has 3 rings (SSSR count). The topological polar surface area (TPSA) is 53.2 Å². The number of nitrogens with one attached hydrogen (secondary N) is 3. The second-order valence-electron chi connectivity index (χ2n) is 5.95. The van der Waals surface area contributed by atoms with E-state index in [9.17, 15) is 9.18 Å². The normalized spacial score (nSPS) is 10.2. The third-order valence-electron chi connectivity index (χ3n) is 3.86. The number of amides is 1. The summed E-state index contributed by atoms with van der Waals surface area (Å²) in [5.41, 5.74) is 2.32. The second kappa shape index (κ2) is 9.30. The zero-order chi connectivity index (χ0) is 19.9. The number of hydrogen-bond donors (Lipinski definition) is 3. The van der Waals surface area contributed by atoms with Crippen LogP contribution in [0.5, 0.6) is 0 Å². The van der Waals surface area contributed by atoms with E-state index in [-0.39, 0.29) is 5.56 Å². The molecule has 3 aromatic rings. The average molecular weight is 414 g/mol. The van der Waals surface area contributed by atoms with E-state index in [1.54, 1.807) is 30.3 Å². The van der Waals surface area contributed by atoms with Crippen molar-refractivity contribution in [2.75, 3.05) is 10.6 Å². The summed E-state index contributed by atoms with van der Waals surface area (Å²) in [4.78, 5) is 12.1. The summed E-state index contributed by atoms with van der Waals surface area (Å²) in [7, 11) is 0. The van der Waals surface area contributed by atoms with Gasteiger partial charge in [0.2, 0.25) is 0 Å². The van der Waals surface area contributed by atoms with Crippen molar-refractivity contribution in [1.29, 1.82) is 0 Å². The molecule has 0 saturated heterocycles. The largest absolute Gasteiger partial charge is 0.358 e. The van der Waals surface area contributed by atoms with Crippen LogP contribution in [0.15, 0.2) is 72.8 Å². The summed E-state index contributed by atoms with van der Waals surface area (Å²) in [5.74, 6) is -1.06. The minimum atomic E-state index is -0.561. The Hall–Kier alpha value is -2.96. The molecule has 0 unspecified atom stereocenters. The van der Waals surface area contributed by atoms with Crippen LogP contribution in [0.2, 0.25) is 5.02 Å². The van der Waals surface area contributed by atoms with Crippen molar-refractivity contribution in [1.82, 2.24) is 5.32 Å². The Labute approximate surface area is 172 Å². The Morgan fingerprint density at radius 3 is 2.29 bits per heavy atom. The SMILES string of the molecule is O=C(Nc1ccc(NC(=S)NCc2cccc(Cl)c2)cc1)c1ccccc1F. The highest BCUT2D eigenvalue weighted by molar-refractivity contribution is 7.80. The van der Waals surface area contributed by atoms with Gasteiger partial charge in [0.15, 0.2) is 5.11 Å². The Morgan fingerprint density at radius 1 is 0.929 bits per heavy atom. The predicted octanol–water partition coefficient (Wildman–Crippen LogP) is 5.22. The summed E-state index contributed by atoms with van der Waals surface area (Å²) in [6.07, 6.45) is 0. The lowest BCUT2D eigenvalue weighted by molar-refractivity contribution is 0.102. The molecule has 0 fully saturated rings. The van der Waals surface area contributed by atoms with Crippen LogP contribution < -0.4 is 16.0 Å². The molecule has 4 nitrogen and oxygen atoms in total. The number of carbonyl (C=O) groups is 1. The van der Waals surface area contributed by atoms with E-state index in [0.717, 1.165) is 11.3 Å². The van der Waals surface area contributed by atoms with Crippen LogP contribution in [0.4, 0.5) is 15.8 Å². The third-order valence-corrected chi connectivity index (χ3v) is 4.34. The molecular formula is C21H17ClFN3OS. The molecule has 0 aromatic heterocycles. The molecule has 0 aliphatic carbocycles. The van der Waals surface area contributed by atoms with Gasteiger partial charge in [-0.05, 0) is 66.3 Å². The van der Waals surface area contributed by atoms with Crippen molar-refractivity contribution in [2.45, 2.75) is 6.54 Å². The maximum Gasteiger partial charge on any atom is 0.258 e. The first-order valence-corrected chi connectivity index (χ1v) is 9.25. The number of thiocarbonyl (C=S) groups is 1. The summed E-state index contributed by atoms with van der Waals surface area (Å²) in [5, 5.41) is 9.96. The Morgan fingerprint density at radius 2 is 1.61 bits per heavy atom. The third kappa shape index (κ3) is 5.52. The number of anilines is 2. The first kappa shape index (κ1) is 19.8. The van der Waals surface area contributed by atoms with E-state index in [4.69, 9.17) is 23.8 Å². The molecular weight excluding hydrogens is 397 g/mol. The van der Waals surface area contributed by atoms with E-state index in [0.29, 0.717) is 22.4 Å². The molecule has 28 heavy (non-hydrogen) atoms. The van der Waals surface area contributed by atoms with Gasteiger partial charge in [0.05, 0.1) is 5.56 Å². The molecule has 142 valence electrons. The summed E-state index contributed by atoms with van der Waals surface area (Å²) in [6, 6.07) is 20.3. The minimum Gasteiger partial charge on any atom is -0.358 e. The highest BCUT2D eigenvalue weighted by atomic mass is 35.5. The fourth-order valence-corrected chi connectivity index (χ4v) is 2.89. The predicted molar refractivity (Wildman–Crippen MR) is 115 cm³/mol. The van der Waals surface area contributed by atoms with Gasteiger partial charge in [0.1, 0.15) is 5.82 Å². The zero-order valence-corrected chi connectivity index (χ0v) is 16.3. The minimum absolute atomic E-state index is 0.00362. The fraction of sp³-hybridized carbons (Fsp3) is 0.0476. The molecule has 0 bridgehead atoms. The van der Waals surface area contributed by atoms with Crippen LogP contribution in [-0.2, 0) is 6.54 Å². The molecule has 3 N–H and O–H groups in total. The quantitative estimate of drug-likeness (QED) is 0.502. The number of hydrogen-bond acceptors (Lipinski definition) is 2. The maximum absolute atomic E-state index is 13.7. The molecule has 0 spiro atoms. The van der Waals surface area contributed by atoms with Crippen molar-refractivity contribution in [3.8, 4) is 0 Å². The highest BCUT2D eigenvalue weighted by Crippen LogP contribution is 2.16. The van der Waals surface area contributed by atoms with Gasteiger partial charge < -0.3 is 16.0 Å². The molecule has 1 amide bonds. The molecule has 0 aliphatic rings. The number of halogens is 2. The lowest BCUT2D eigenvalue weighted by atomic mass is 10.2. The van der Waals surface area contributed by atoms with Crippen molar-refractivity contribution in [3.05, 3.63) is 94.8 Å². The van der Waals surface area contributed by atoms with Crippen molar-refractivity contribution < 1.29 is 9.18 Å². The fourth-order valence-electron chi connectivity index (χ4n) is 2.49. The monoisotopic (exact) mass is 413 g/mol. The highest BCUT2D eigenvalue weighted by Gasteiger charge is 2.10. The van der Waals surface area contributed by atoms with Crippen LogP contribution in [0.1, 0.15) is 15.9 Å². The van der Waals surface area contributed by atoms with Gasteiger partial charge in [-0.15, -0.1) is 0 Å². The average Bonchev–Trinajstić information content (AvgIpc) is 2.68.